The summed E-state index contributed by atoms with van der Waals surface area (Å²) in [7, 11) is 0. The van der Waals surface area contributed by atoms with Crippen molar-refractivity contribution in [3.63, 3.8) is 0 Å². The third-order valence-electron chi connectivity index (χ3n) is 4.07. The van der Waals surface area contributed by atoms with Crippen molar-refractivity contribution in [2.24, 2.45) is 0 Å². The monoisotopic (exact) mass is 276 g/mol. The van der Waals surface area contributed by atoms with E-state index >= 15 is 0 Å². The minimum Gasteiger partial charge on any atom is -0.323 e. The molecule has 1 amide bonds. The Balaban J connectivity index is 1.86. The Bertz CT molecular complexity index is 483. The molecule has 0 unspecified atom stereocenters. The molecule has 1 spiro atoms. The lowest BCUT2D eigenvalue weighted by atomic mass is 10.0. The molecule has 2 aliphatic rings. The first-order chi connectivity index (χ1) is 9.21. The van der Waals surface area contributed by atoms with Crippen LogP contribution in [0.4, 0.5) is 0 Å². The van der Waals surface area contributed by atoms with Crippen LogP contribution < -0.4 is 5.32 Å². The zero-order valence-corrected chi connectivity index (χ0v) is 12.1. The normalized spacial score (nSPS) is 21.8. The third kappa shape index (κ3) is 2.39. The summed E-state index contributed by atoms with van der Waals surface area (Å²) in [6.45, 7) is 4.96. The van der Waals surface area contributed by atoms with Crippen LogP contribution in [0.2, 0.25) is 0 Å². The van der Waals surface area contributed by atoms with Crippen molar-refractivity contribution in [2.45, 2.75) is 24.6 Å². The fraction of sp³-hybridized carbons (Fsp3) is 0.533. The first-order valence-electron chi connectivity index (χ1n) is 6.95. The van der Waals surface area contributed by atoms with Gasteiger partial charge in [0.25, 0.3) is 5.91 Å². The first kappa shape index (κ1) is 13.0. The second-order valence-electron chi connectivity index (χ2n) is 5.37. The number of hydrogen-bond acceptors (Lipinski definition) is 3. The molecule has 19 heavy (non-hydrogen) atoms. The smallest absolute Gasteiger partial charge is 0.255 e. The maximum absolute atomic E-state index is 12.8. The summed E-state index contributed by atoms with van der Waals surface area (Å²) in [5.41, 5.74) is 1.98. The number of rotatable bonds is 1. The molecule has 2 saturated heterocycles. The lowest BCUT2D eigenvalue weighted by Gasteiger charge is -2.40. The Morgan fingerprint density at radius 2 is 2.16 bits per heavy atom. The van der Waals surface area contributed by atoms with Gasteiger partial charge in [0.2, 0.25) is 0 Å². The summed E-state index contributed by atoms with van der Waals surface area (Å²) in [6.07, 6.45) is 2.13. The molecule has 3 rings (SSSR count). The highest BCUT2D eigenvalue weighted by atomic mass is 32.2. The summed E-state index contributed by atoms with van der Waals surface area (Å²) >= 11 is 1.97. The molecule has 4 heteroatoms. The molecule has 1 aromatic carbocycles. The number of thioether (sulfide) groups is 1. The molecular formula is C15H20N2OS. The molecule has 0 aliphatic carbocycles. The van der Waals surface area contributed by atoms with E-state index in [1.54, 1.807) is 0 Å². The SMILES string of the molecule is Cc1cccc(C(=O)N2CCSC23CCNCC3)c1. The van der Waals surface area contributed by atoms with Crippen LogP contribution in [0.1, 0.15) is 28.8 Å². The molecule has 102 valence electrons. The Hall–Kier alpha value is -1.00. The average Bonchev–Trinajstić information content (AvgIpc) is 2.82. The van der Waals surface area contributed by atoms with E-state index in [2.05, 4.69) is 10.2 Å². The maximum Gasteiger partial charge on any atom is 0.255 e. The predicted molar refractivity (Wildman–Crippen MR) is 79.5 cm³/mol. The van der Waals surface area contributed by atoms with Crippen LogP contribution in [0.3, 0.4) is 0 Å². The summed E-state index contributed by atoms with van der Waals surface area (Å²) in [4.78, 5) is 14.9. The molecule has 2 fully saturated rings. The lowest BCUT2D eigenvalue weighted by Crippen LogP contribution is -2.51. The van der Waals surface area contributed by atoms with Crippen LogP contribution in [0, 0.1) is 6.92 Å². The van der Waals surface area contributed by atoms with Crippen LogP contribution in [-0.4, -0.2) is 41.1 Å². The first-order valence-corrected chi connectivity index (χ1v) is 7.93. The molecule has 0 bridgehead atoms. The van der Waals surface area contributed by atoms with Crippen LogP contribution in [-0.2, 0) is 0 Å². The molecule has 2 aliphatic heterocycles. The van der Waals surface area contributed by atoms with Crippen LogP contribution in [0.25, 0.3) is 0 Å². The second kappa shape index (κ2) is 5.17. The highest BCUT2D eigenvalue weighted by Crippen LogP contribution is 2.43. The zero-order chi connectivity index (χ0) is 13.3. The molecule has 1 aromatic rings. The van der Waals surface area contributed by atoms with Gasteiger partial charge < -0.3 is 10.2 Å². The van der Waals surface area contributed by atoms with Gasteiger partial charge in [-0.15, -0.1) is 11.8 Å². The molecule has 0 aromatic heterocycles. The fourth-order valence-electron chi connectivity index (χ4n) is 3.06. The Labute approximate surface area is 118 Å². The number of carbonyl (C=O) groups is 1. The van der Waals surface area contributed by atoms with Crippen molar-refractivity contribution in [2.75, 3.05) is 25.4 Å². The number of nitrogens with zero attached hydrogens (tertiary/aromatic N) is 1. The van der Waals surface area contributed by atoms with Gasteiger partial charge in [0.05, 0.1) is 4.87 Å². The van der Waals surface area contributed by atoms with Crippen molar-refractivity contribution in [3.05, 3.63) is 35.4 Å². The standard InChI is InChI=1S/C15H20N2OS/c1-12-3-2-4-13(11-12)14(18)17-9-10-19-15(17)5-7-16-8-6-15/h2-4,11,16H,5-10H2,1H3. The highest BCUT2D eigenvalue weighted by Gasteiger charge is 2.45. The van der Waals surface area contributed by atoms with Crippen LogP contribution >= 0.6 is 11.8 Å². The van der Waals surface area contributed by atoms with Crippen molar-refractivity contribution in [1.82, 2.24) is 10.2 Å². The molecule has 1 N–H and O–H groups in total. The van der Waals surface area contributed by atoms with Crippen molar-refractivity contribution < 1.29 is 4.79 Å². The largest absolute Gasteiger partial charge is 0.323 e. The van der Waals surface area contributed by atoms with E-state index in [0.717, 1.165) is 49.4 Å². The Morgan fingerprint density at radius 3 is 2.89 bits per heavy atom. The summed E-state index contributed by atoms with van der Waals surface area (Å²) in [5, 5.41) is 3.39. The number of aryl methyl sites for hydroxylation is 1. The quantitative estimate of drug-likeness (QED) is 0.854. The average molecular weight is 276 g/mol. The highest BCUT2D eigenvalue weighted by molar-refractivity contribution is 8.00. The van der Waals surface area contributed by atoms with Crippen molar-refractivity contribution >= 4 is 17.7 Å². The topological polar surface area (TPSA) is 32.3 Å². The summed E-state index contributed by atoms with van der Waals surface area (Å²) in [5.74, 6) is 1.27. The van der Waals surface area contributed by atoms with Crippen LogP contribution in [0.5, 0.6) is 0 Å². The number of carbonyl (C=O) groups excluding carboxylic acids is 1. The van der Waals surface area contributed by atoms with Gasteiger partial charge in [0.15, 0.2) is 0 Å². The van der Waals surface area contributed by atoms with E-state index in [0.29, 0.717) is 0 Å². The van der Waals surface area contributed by atoms with Crippen molar-refractivity contribution in [1.29, 1.82) is 0 Å². The maximum atomic E-state index is 12.8. The second-order valence-corrected chi connectivity index (χ2v) is 6.83. The lowest BCUT2D eigenvalue weighted by molar-refractivity contribution is 0.0635. The van der Waals surface area contributed by atoms with Gasteiger partial charge in [-0.3, -0.25) is 4.79 Å². The van der Waals surface area contributed by atoms with Gasteiger partial charge in [0, 0.05) is 17.9 Å². The van der Waals surface area contributed by atoms with Gasteiger partial charge in [0.1, 0.15) is 0 Å². The van der Waals surface area contributed by atoms with Gasteiger partial charge in [-0.1, -0.05) is 17.7 Å². The van der Waals surface area contributed by atoms with Gasteiger partial charge >= 0.3 is 0 Å². The number of piperidine rings is 1. The van der Waals surface area contributed by atoms with E-state index in [-0.39, 0.29) is 10.8 Å². The minimum atomic E-state index is 0.0477. The van der Waals surface area contributed by atoms with Gasteiger partial charge in [-0.05, 0) is 45.0 Å². The number of amides is 1. The van der Waals surface area contributed by atoms with E-state index < -0.39 is 0 Å². The molecular weight excluding hydrogens is 256 g/mol. The minimum absolute atomic E-state index is 0.0477. The summed E-state index contributed by atoms with van der Waals surface area (Å²) in [6, 6.07) is 7.95. The third-order valence-corrected chi connectivity index (χ3v) is 5.63. The predicted octanol–water partition coefficient (Wildman–Crippen LogP) is 2.26. The molecule has 0 saturated carbocycles. The van der Waals surface area contributed by atoms with E-state index in [4.69, 9.17) is 0 Å². The molecule has 0 radical (unpaired) electrons. The fourth-order valence-corrected chi connectivity index (χ4v) is 4.54. The zero-order valence-electron chi connectivity index (χ0n) is 11.3. The summed E-state index contributed by atoms with van der Waals surface area (Å²) < 4.78 is 0. The number of hydrogen-bond donors (Lipinski definition) is 1. The van der Waals surface area contributed by atoms with E-state index in [9.17, 15) is 4.79 Å². The number of nitrogens with one attached hydrogen (secondary N) is 1. The molecule has 3 nitrogen and oxygen atoms in total. The van der Waals surface area contributed by atoms with Gasteiger partial charge in [-0.2, -0.15) is 0 Å². The number of benzene rings is 1. The Kier molecular flexibility index (Phi) is 3.54. The van der Waals surface area contributed by atoms with E-state index in [1.165, 1.54) is 0 Å². The van der Waals surface area contributed by atoms with Crippen molar-refractivity contribution in [3.8, 4) is 0 Å². The molecule has 0 atom stereocenters. The van der Waals surface area contributed by atoms with Gasteiger partial charge in [-0.25, -0.2) is 0 Å². The Morgan fingerprint density at radius 1 is 1.37 bits per heavy atom. The van der Waals surface area contributed by atoms with Crippen LogP contribution in [0.15, 0.2) is 24.3 Å². The molecule has 2 heterocycles. The van der Waals surface area contributed by atoms with E-state index in [1.807, 2.05) is 43.0 Å².